The van der Waals surface area contributed by atoms with Crippen LogP contribution in [0.3, 0.4) is 0 Å². The number of fused-ring (bicyclic) bond motifs is 1. The van der Waals surface area contributed by atoms with Crippen LogP contribution >= 0.6 is 15.9 Å². The van der Waals surface area contributed by atoms with Crippen LogP contribution in [0, 0.1) is 5.82 Å². The molecular weight excluding hydrogens is 307 g/mol. The smallest absolute Gasteiger partial charge is 0.124 e. The van der Waals surface area contributed by atoms with Crippen LogP contribution in [0.2, 0.25) is 0 Å². The molecule has 2 nitrogen and oxygen atoms in total. The molecule has 0 aliphatic carbocycles. The van der Waals surface area contributed by atoms with Crippen molar-refractivity contribution in [2.45, 2.75) is 6.54 Å². The van der Waals surface area contributed by atoms with Gasteiger partial charge in [-0.3, -0.25) is 0 Å². The van der Waals surface area contributed by atoms with Gasteiger partial charge < -0.3 is 10.2 Å². The maximum atomic E-state index is 13.1. The third-order valence-electron chi connectivity index (χ3n) is 3.32. The lowest BCUT2D eigenvalue weighted by Crippen LogP contribution is -2.33. The molecule has 4 heteroatoms. The quantitative estimate of drug-likeness (QED) is 0.899. The third kappa shape index (κ3) is 2.59. The molecule has 0 saturated heterocycles. The molecule has 2 aromatic rings. The highest BCUT2D eigenvalue weighted by molar-refractivity contribution is 9.10. The third-order valence-corrected chi connectivity index (χ3v) is 4.06. The van der Waals surface area contributed by atoms with Gasteiger partial charge in [0.2, 0.25) is 0 Å². The molecule has 1 N–H and O–H groups in total. The number of para-hydroxylation sites is 2. The van der Waals surface area contributed by atoms with Gasteiger partial charge in [0.1, 0.15) is 5.82 Å². The summed E-state index contributed by atoms with van der Waals surface area (Å²) in [6.07, 6.45) is 0. The summed E-state index contributed by atoms with van der Waals surface area (Å²) < 4.78 is 13.9. The summed E-state index contributed by atoms with van der Waals surface area (Å²) in [4.78, 5) is 2.31. The molecule has 1 heterocycles. The van der Waals surface area contributed by atoms with E-state index in [9.17, 15) is 4.39 Å². The molecule has 0 bridgehead atoms. The number of nitrogens with one attached hydrogen (secondary N) is 1. The zero-order valence-corrected chi connectivity index (χ0v) is 12.0. The fourth-order valence-corrected chi connectivity index (χ4v) is 2.84. The highest BCUT2D eigenvalue weighted by Crippen LogP contribution is 2.30. The van der Waals surface area contributed by atoms with E-state index in [4.69, 9.17) is 0 Å². The normalized spacial score (nSPS) is 13.9. The molecule has 0 amide bonds. The fourth-order valence-electron chi connectivity index (χ4n) is 2.36. The maximum Gasteiger partial charge on any atom is 0.124 e. The number of hydrogen-bond donors (Lipinski definition) is 1. The van der Waals surface area contributed by atoms with Gasteiger partial charge in [0, 0.05) is 24.1 Å². The Labute approximate surface area is 120 Å². The largest absolute Gasteiger partial charge is 0.382 e. The van der Waals surface area contributed by atoms with Crippen molar-refractivity contribution in [1.82, 2.24) is 0 Å². The second-order valence-electron chi connectivity index (χ2n) is 4.60. The van der Waals surface area contributed by atoms with Crippen LogP contribution in [0.1, 0.15) is 5.56 Å². The number of rotatable bonds is 2. The standard InChI is InChI=1S/C15H14BrFN2/c16-13-9-12(17)6-5-11(13)10-19-8-7-18-14-3-1-2-4-15(14)19/h1-6,9,18H,7-8,10H2. The first-order chi connectivity index (χ1) is 9.24. The Morgan fingerprint density at radius 2 is 2.05 bits per heavy atom. The van der Waals surface area contributed by atoms with Crippen LogP contribution in [0.25, 0.3) is 0 Å². The van der Waals surface area contributed by atoms with Crippen molar-refractivity contribution < 1.29 is 4.39 Å². The van der Waals surface area contributed by atoms with Crippen LogP contribution in [0.4, 0.5) is 15.8 Å². The second-order valence-corrected chi connectivity index (χ2v) is 5.46. The Balaban J connectivity index is 1.88. The molecular formula is C15H14BrFN2. The zero-order valence-electron chi connectivity index (χ0n) is 10.4. The SMILES string of the molecule is Fc1ccc(CN2CCNc3ccccc32)c(Br)c1. The van der Waals surface area contributed by atoms with Gasteiger partial charge in [0.05, 0.1) is 11.4 Å². The van der Waals surface area contributed by atoms with Gasteiger partial charge in [-0.1, -0.05) is 34.1 Å². The molecule has 0 saturated carbocycles. The van der Waals surface area contributed by atoms with Gasteiger partial charge in [-0.25, -0.2) is 4.39 Å². The van der Waals surface area contributed by atoms with Crippen molar-refractivity contribution in [2.75, 3.05) is 23.3 Å². The van der Waals surface area contributed by atoms with Crippen molar-refractivity contribution in [3.63, 3.8) is 0 Å². The monoisotopic (exact) mass is 320 g/mol. The van der Waals surface area contributed by atoms with Crippen LogP contribution in [-0.4, -0.2) is 13.1 Å². The molecule has 1 aliphatic heterocycles. The molecule has 19 heavy (non-hydrogen) atoms. The molecule has 0 radical (unpaired) electrons. The summed E-state index contributed by atoms with van der Waals surface area (Å²) in [5.41, 5.74) is 3.45. The lowest BCUT2D eigenvalue weighted by molar-refractivity contribution is 0.625. The van der Waals surface area contributed by atoms with E-state index in [1.165, 1.54) is 17.8 Å². The first kappa shape index (κ1) is 12.5. The molecule has 0 unspecified atom stereocenters. The molecule has 2 aromatic carbocycles. The Kier molecular flexibility index (Phi) is 3.42. The first-order valence-corrected chi connectivity index (χ1v) is 7.05. The first-order valence-electron chi connectivity index (χ1n) is 6.26. The van der Waals surface area contributed by atoms with Crippen LogP contribution in [-0.2, 0) is 6.54 Å². The predicted molar refractivity (Wildman–Crippen MR) is 80.1 cm³/mol. The molecule has 3 rings (SSSR count). The Bertz CT molecular complexity index is 600. The number of nitrogens with zero attached hydrogens (tertiary/aromatic N) is 1. The Morgan fingerprint density at radius 3 is 2.89 bits per heavy atom. The van der Waals surface area contributed by atoms with Crippen LogP contribution < -0.4 is 10.2 Å². The van der Waals surface area contributed by atoms with Crippen molar-refractivity contribution >= 4 is 27.3 Å². The van der Waals surface area contributed by atoms with Crippen LogP contribution in [0.5, 0.6) is 0 Å². The number of anilines is 2. The van der Waals surface area contributed by atoms with E-state index in [1.54, 1.807) is 0 Å². The maximum absolute atomic E-state index is 13.1. The van der Waals surface area contributed by atoms with E-state index >= 15 is 0 Å². The summed E-state index contributed by atoms with van der Waals surface area (Å²) >= 11 is 3.43. The minimum atomic E-state index is -0.212. The molecule has 0 atom stereocenters. The summed E-state index contributed by atoms with van der Waals surface area (Å²) in [5, 5.41) is 3.39. The minimum Gasteiger partial charge on any atom is -0.382 e. The molecule has 98 valence electrons. The highest BCUT2D eigenvalue weighted by atomic mass is 79.9. The van der Waals surface area contributed by atoms with Gasteiger partial charge >= 0.3 is 0 Å². The van der Waals surface area contributed by atoms with E-state index in [2.05, 4.69) is 38.3 Å². The van der Waals surface area contributed by atoms with Crippen LogP contribution in [0.15, 0.2) is 46.9 Å². The molecule has 0 spiro atoms. The Morgan fingerprint density at radius 1 is 1.21 bits per heavy atom. The lowest BCUT2D eigenvalue weighted by atomic mass is 10.1. The topological polar surface area (TPSA) is 15.3 Å². The van der Waals surface area contributed by atoms with E-state index in [-0.39, 0.29) is 5.82 Å². The second kappa shape index (κ2) is 5.21. The number of benzene rings is 2. The predicted octanol–water partition coefficient (Wildman–Crippen LogP) is 4.02. The highest BCUT2D eigenvalue weighted by Gasteiger charge is 2.16. The van der Waals surface area contributed by atoms with Crippen molar-refractivity contribution in [2.24, 2.45) is 0 Å². The van der Waals surface area contributed by atoms with Crippen molar-refractivity contribution in [3.05, 3.63) is 58.3 Å². The molecule has 1 aliphatic rings. The molecule has 0 fully saturated rings. The van der Waals surface area contributed by atoms with Gasteiger partial charge in [-0.2, -0.15) is 0 Å². The summed E-state index contributed by atoms with van der Waals surface area (Å²) in [6.45, 7) is 2.65. The van der Waals surface area contributed by atoms with Gasteiger partial charge in [0.15, 0.2) is 0 Å². The van der Waals surface area contributed by atoms with E-state index < -0.39 is 0 Å². The summed E-state index contributed by atoms with van der Waals surface area (Å²) in [5.74, 6) is -0.212. The Hall–Kier alpha value is -1.55. The fraction of sp³-hybridized carbons (Fsp3) is 0.200. The van der Waals surface area contributed by atoms with Gasteiger partial charge in [-0.05, 0) is 29.8 Å². The van der Waals surface area contributed by atoms with E-state index in [0.29, 0.717) is 0 Å². The van der Waals surface area contributed by atoms with Crippen molar-refractivity contribution in [1.29, 1.82) is 0 Å². The zero-order chi connectivity index (χ0) is 13.2. The molecule has 0 aromatic heterocycles. The number of halogens is 2. The summed E-state index contributed by atoms with van der Waals surface area (Å²) in [7, 11) is 0. The van der Waals surface area contributed by atoms with E-state index in [0.717, 1.165) is 35.4 Å². The number of hydrogen-bond acceptors (Lipinski definition) is 2. The summed E-state index contributed by atoms with van der Waals surface area (Å²) in [6, 6.07) is 13.1. The average molecular weight is 321 g/mol. The van der Waals surface area contributed by atoms with Gasteiger partial charge in [0.25, 0.3) is 0 Å². The van der Waals surface area contributed by atoms with Crippen molar-refractivity contribution in [3.8, 4) is 0 Å². The van der Waals surface area contributed by atoms with E-state index in [1.807, 2.05) is 18.2 Å². The lowest BCUT2D eigenvalue weighted by Gasteiger charge is -2.32. The average Bonchev–Trinajstić information content (AvgIpc) is 2.42. The van der Waals surface area contributed by atoms with Gasteiger partial charge in [-0.15, -0.1) is 0 Å². The minimum absolute atomic E-state index is 0.212.